The number of hydrogen-bond donors (Lipinski definition) is 2. The molecule has 0 unspecified atom stereocenters. The number of nitrogens with one attached hydrogen (secondary N) is 1. The van der Waals surface area contributed by atoms with Gasteiger partial charge in [0.1, 0.15) is 0 Å². The summed E-state index contributed by atoms with van der Waals surface area (Å²) >= 11 is 1.79. The Kier molecular flexibility index (Phi) is 4.30. The van der Waals surface area contributed by atoms with Crippen molar-refractivity contribution in [2.45, 2.75) is 31.8 Å². The third-order valence-electron chi connectivity index (χ3n) is 3.16. The molecule has 1 aromatic heterocycles. The molecule has 0 atom stereocenters. The van der Waals surface area contributed by atoms with Gasteiger partial charge in [0.2, 0.25) is 0 Å². The highest BCUT2D eigenvalue weighted by Crippen LogP contribution is 2.24. The van der Waals surface area contributed by atoms with Crippen LogP contribution in [0.1, 0.15) is 26.7 Å². The van der Waals surface area contributed by atoms with Gasteiger partial charge in [0.25, 0.3) is 0 Å². The van der Waals surface area contributed by atoms with Crippen LogP contribution in [0, 0.1) is 5.41 Å². The minimum Gasteiger partial charge on any atom is -0.333 e. The maximum Gasteiger partial charge on any atom is 0.166 e. The van der Waals surface area contributed by atoms with Gasteiger partial charge in [0, 0.05) is 5.75 Å². The summed E-state index contributed by atoms with van der Waals surface area (Å²) in [7, 11) is 0. The molecule has 0 saturated carbocycles. The van der Waals surface area contributed by atoms with Gasteiger partial charge in [0.05, 0.1) is 11.0 Å². The second-order valence-corrected chi connectivity index (χ2v) is 6.46. The van der Waals surface area contributed by atoms with Crippen molar-refractivity contribution in [2.75, 3.05) is 12.3 Å². The van der Waals surface area contributed by atoms with E-state index in [1.807, 2.05) is 18.2 Å². The van der Waals surface area contributed by atoms with Gasteiger partial charge in [-0.2, -0.15) is 0 Å². The van der Waals surface area contributed by atoms with Crippen LogP contribution in [0.3, 0.4) is 0 Å². The lowest BCUT2D eigenvalue weighted by atomic mass is 9.88. The molecule has 3 N–H and O–H groups in total. The van der Waals surface area contributed by atoms with Crippen molar-refractivity contribution in [3.63, 3.8) is 0 Å². The van der Waals surface area contributed by atoms with E-state index in [9.17, 15) is 0 Å². The van der Waals surface area contributed by atoms with Crippen molar-refractivity contribution >= 4 is 22.8 Å². The summed E-state index contributed by atoms with van der Waals surface area (Å²) < 4.78 is 0. The number of rotatable bonds is 6. The average Bonchev–Trinajstić information content (AvgIpc) is 2.77. The summed E-state index contributed by atoms with van der Waals surface area (Å²) in [5, 5.41) is 1.02. The minimum absolute atomic E-state index is 0.258. The zero-order valence-corrected chi connectivity index (χ0v) is 11.9. The summed E-state index contributed by atoms with van der Waals surface area (Å²) in [6, 6.07) is 8.14. The molecule has 98 valence electrons. The van der Waals surface area contributed by atoms with Crippen LogP contribution in [-0.2, 0) is 0 Å². The second kappa shape index (κ2) is 5.76. The number of thioether (sulfide) groups is 1. The van der Waals surface area contributed by atoms with Gasteiger partial charge in [-0.1, -0.05) is 37.7 Å². The predicted octanol–water partition coefficient (Wildman–Crippen LogP) is 3.42. The molecule has 2 aromatic rings. The Morgan fingerprint density at radius 2 is 2.11 bits per heavy atom. The average molecular weight is 263 g/mol. The van der Waals surface area contributed by atoms with Crippen LogP contribution in [0.5, 0.6) is 0 Å². The summed E-state index contributed by atoms with van der Waals surface area (Å²) in [5.41, 5.74) is 8.14. The zero-order valence-electron chi connectivity index (χ0n) is 11.1. The van der Waals surface area contributed by atoms with Crippen molar-refractivity contribution in [1.29, 1.82) is 0 Å². The summed E-state index contributed by atoms with van der Waals surface area (Å²) in [6.07, 6.45) is 2.34. The molecular weight excluding hydrogens is 242 g/mol. The topological polar surface area (TPSA) is 54.7 Å². The Balaban J connectivity index is 1.83. The summed E-state index contributed by atoms with van der Waals surface area (Å²) in [5.74, 6) is 1.09. The number of hydrogen-bond acceptors (Lipinski definition) is 3. The molecule has 18 heavy (non-hydrogen) atoms. The second-order valence-electron chi connectivity index (χ2n) is 5.38. The molecule has 0 bridgehead atoms. The number of fused-ring (bicyclic) bond motifs is 1. The third-order valence-corrected chi connectivity index (χ3v) is 4.12. The van der Waals surface area contributed by atoms with Crippen LogP contribution in [0.15, 0.2) is 29.4 Å². The maximum absolute atomic E-state index is 5.73. The molecule has 0 fully saturated rings. The molecule has 3 nitrogen and oxygen atoms in total. The molecule has 0 spiro atoms. The molecule has 1 heterocycles. The maximum atomic E-state index is 5.73. The normalized spacial score (nSPS) is 12.2. The van der Waals surface area contributed by atoms with Gasteiger partial charge >= 0.3 is 0 Å². The van der Waals surface area contributed by atoms with Crippen molar-refractivity contribution in [3.8, 4) is 0 Å². The van der Waals surface area contributed by atoms with Crippen LogP contribution in [0.25, 0.3) is 11.0 Å². The lowest BCUT2D eigenvalue weighted by Gasteiger charge is -2.21. The van der Waals surface area contributed by atoms with Gasteiger partial charge in [-0.3, -0.25) is 0 Å². The van der Waals surface area contributed by atoms with E-state index in [0.717, 1.165) is 34.9 Å². The van der Waals surface area contributed by atoms with Gasteiger partial charge < -0.3 is 10.7 Å². The van der Waals surface area contributed by atoms with Crippen molar-refractivity contribution in [2.24, 2.45) is 11.1 Å². The number of aromatic amines is 1. The molecular formula is C14H21N3S. The number of imidazole rings is 1. The molecule has 0 amide bonds. The van der Waals surface area contributed by atoms with E-state index >= 15 is 0 Å². The van der Waals surface area contributed by atoms with Crippen molar-refractivity contribution in [1.82, 2.24) is 9.97 Å². The SMILES string of the molecule is CC(C)(CN)CCCSc1nc2ccccc2[nH]1. The lowest BCUT2D eigenvalue weighted by molar-refractivity contribution is 0.345. The standard InChI is InChI=1S/C14H21N3S/c1-14(2,10-15)8-5-9-18-13-16-11-6-3-4-7-12(11)17-13/h3-4,6-7H,5,8-10,15H2,1-2H3,(H,16,17). The molecule has 0 radical (unpaired) electrons. The van der Waals surface area contributed by atoms with E-state index in [1.54, 1.807) is 11.8 Å². The zero-order chi connectivity index (χ0) is 13.0. The lowest BCUT2D eigenvalue weighted by Crippen LogP contribution is -2.23. The molecule has 0 aliphatic heterocycles. The number of H-pyrrole nitrogens is 1. The molecule has 4 heteroatoms. The molecule has 2 rings (SSSR count). The van der Waals surface area contributed by atoms with E-state index < -0.39 is 0 Å². The van der Waals surface area contributed by atoms with Gasteiger partial charge in [-0.15, -0.1) is 0 Å². The highest BCUT2D eigenvalue weighted by atomic mass is 32.2. The number of para-hydroxylation sites is 2. The number of nitrogens with two attached hydrogens (primary N) is 1. The van der Waals surface area contributed by atoms with E-state index in [2.05, 4.69) is 29.9 Å². The smallest absolute Gasteiger partial charge is 0.166 e. The predicted molar refractivity (Wildman–Crippen MR) is 78.9 cm³/mol. The van der Waals surface area contributed by atoms with Gasteiger partial charge in [0.15, 0.2) is 5.16 Å². The Labute approximate surface area is 113 Å². The molecule has 1 aromatic carbocycles. The third kappa shape index (κ3) is 3.50. The molecule has 0 saturated heterocycles. The largest absolute Gasteiger partial charge is 0.333 e. The first kappa shape index (κ1) is 13.4. The first-order chi connectivity index (χ1) is 8.61. The number of nitrogens with zero attached hydrogens (tertiary/aromatic N) is 1. The fraction of sp³-hybridized carbons (Fsp3) is 0.500. The Morgan fingerprint density at radius 3 is 2.83 bits per heavy atom. The van der Waals surface area contributed by atoms with E-state index in [-0.39, 0.29) is 5.41 Å². The van der Waals surface area contributed by atoms with Crippen LogP contribution in [0.4, 0.5) is 0 Å². The quantitative estimate of drug-likeness (QED) is 0.620. The Hall–Kier alpha value is -1.00. The first-order valence-corrected chi connectivity index (χ1v) is 7.37. The Morgan fingerprint density at radius 1 is 1.33 bits per heavy atom. The number of benzene rings is 1. The Bertz CT molecular complexity index is 471. The van der Waals surface area contributed by atoms with Crippen LogP contribution < -0.4 is 5.73 Å². The van der Waals surface area contributed by atoms with Crippen LogP contribution in [-0.4, -0.2) is 22.3 Å². The molecule has 0 aliphatic rings. The fourth-order valence-electron chi connectivity index (χ4n) is 1.82. The minimum atomic E-state index is 0.258. The van der Waals surface area contributed by atoms with Crippen molar-refractivity contribution < 1.29 is 0 Å². The van der Waals surface area contributed by atoms with Crippen LogP contribution >= 0.6 is 11.8 Å². The monoisotopic (exact) mass is 263 g/mol. The highest BCUT2D eigenvalue weighted by molar-refractivity contribution is 7.99. The summed E-state index contributed by atoms with van der Waals surface area (Å²) in [4.78, 5) is 7.88. The highest BCUT2D eigenvalue weighted by Gasteiger charge is 2.14. The fourth-order valence-corrected chi connectivity index (χ4v) is 2.65. The van der Waals surface area contributed by atoms with E-state index in [1.165, 1.54) is 6.42 Å². The van der Waals surface area contributed by atoms with Crippen LogP contribution in [0.2, 0.25) is 0 Å². The van der Waals surface area contributed by atoms with E-state index in [0.29, 0.717) is 0 Å². The van der Waals surface area contributed by atoms with E-state index in [4.69, 9.17) is 5.73 Å². The van der Waals surface area contributed by atoms with Gasteiger partial charge in [-0.25, -0.2) is 4.98 Å². The summed E-state index contributed by atoms with van der Waals surface area (Å²) in [6.45, 7) is 5.19. The number of aromatic nitrogens is 2. The first-order valence-electron chi connectivity index (χ1n) is 6.38. The van der Waals surface area contributed by atoms with Crippen molar-refractivity contribution in [3.05, 3.63) is 24.3 Å². The molecule has 0 aliphatic carbocycles. The van der Waals surface area contributed by atoms with Gasteiger partial charge in [-0.05, 0) is 36.9 Å².